The van der Waals surface area contributed by atoms with E-state index in [0.29, 0.717) is 22.0 Å². The van der Waals surface area contributed by atoms with Gasteiger partial charge in [0, 0.05) is 22.0 Å². The van der Waals surface area contributed by atoms with E-state index in [1.54, 1.807) is 18.2 Å². The van der Waals surface area contributed by atoms with Crippen LogP contribution in [0, 0.1) is 0 Å². The van der Waals surface area contributed by atoms with Gasteiger partial charge in [0.15, 0.2) is 0 Å². The minimum absolute atomic E-state index is 0.129. The second-order valence-corrected chi connectivity index (χ2v) is 7.95. The molecule has 0 aliphatic carbocycles. The average molecular weight is 421 g/mol. The van der Waals surface area contributed by atoms with Crippen molar-refractivity contribution in [2.75, 3.05) is 5.32 Å². The second-order valence-electron chi connectivity index (χ2n) is 6.46. The number of halogens is 1. The summed E-state index contributed by atoms with van der Waals surface area (Å²) in [5.41, 5.74) is 3.09. The van der Waals surface area contributed by atoms with E-state index in [1.165, 1.54) is 11.8 Å². The van der Waals surface area contributed by atoms with Crippen molar-refractivity contribution in [3.8, 4) is 0 Å². The normalized spacial score (nSPS) is 14.2. The largest absolute Gasteiger partial charge is 0.348 e. The predicted molar refractivity (Wildman–Crippen MR) is 118 cm³/mol. The Morgan fingerprint density at radius 3 is 2.52 bits per heavy atom. The Balaban J connectivity index is 1.44. The molecule has 0 unspecified atom stereocenters. The van der Waals surface area contributed by atoms with Crippen molar-refractivity contribution >= 4 is 46.9 Å². The van der Waals surface area contributed by atoms with E-state index in [4.69, 9.17) is 11.6 Å². The number of amides is 2. The van der Waals surface area contributed by atoms with E-state index in [2.05, 4.69) is 10.6 Å². The van der Waals surface area contributed by atoms with Gasteiger partial charge in [-0.25, -0.2) is 0 Å². The molecule has 0 radical (unpaired) electrons. The zero-order chi connectivity index (χ0) is 20.2. The van der Waals surface area contributed by atoms with Crippen LogP contribution in [0.5, 0.6) is 0 Å². The lowest BCUT2D eigenvalue weighted by Crippen LogP contribution is -2.22. The molecule has 6 heteroatoms. The molecule has 0 aromatic heterocycles. The van der Waals surface area contributed by atoms with E-state index in [9.17, 15) is 9.59 Å². The van der Waals surface area contributed by atoms with Crippen molar-refractivity contribution in [3.63, 3.8) is 0 Å². The van der Waals surface area contributed by atoms with E-state index in [0.717, 1.165) is 21.7 Å². The number of benzene rings is 3. The topological polar surface area (TPSA) is 58.2 Å². The molecule has 0 saturated carbocycles. The molecule has 1 heterocycles. The summed E-state index contributed by atoms with van der Waals surface area (Å²) in [6, 6.07) is 22.2. The van der Waals surface area contributed by atoms with Gasteiger partial charge in [-0.2, -0.15) is 0 Å². The molecule has 1 aliphatic rings. The van der Waals surface area contributed by atoms with Crippen molar-refractivity contribution in [1.82, 2.24) is 5.32 Å². The van der Waals surface area contributed by atoms with Crippen molar-refractivity contribution in [3.05, 3.63) is 99.4 Å². The molecule has 1 aliphatic heterocycles. The van der Waals surface area contributed by atoms with Crippen LogP contribution < -0.4 is 10.6 Å². The average Bonchev–Trinajstić information content (AvgIpc) is 2.74. The molecule has 2 N–H and O–H groups in total. The van der Waals surface area contributed by atoms with Gasteiger partial charge in [0.05, 0.1) is 10.6 Å². The minimum atomic E-state index is -0.178. The Morgan fingerprint density at radius 1 is 1.00 bits per heavy atom. The quantitative estimate of drug-likeness (QED) is 0.559. The fourth-order valence-corrected chi connectivity index (χ4v) is 4.06. The number of para-hydroxylation sites is 1. The molecule has 4 rings (SSSR count). The number of thioether (sulfide) groups is 1. The first kappa shape index (κ1) is 19.3. The number of hydrogen-bond acceptors (Lipinski definition) is 3. The molecule has 29 heavy (non-hydrogen) atoms. The lowest BCUT2D eigenvalue weighted by atomic mass is 10.1. The monoisotopic (exact) mass is 420 g/mol. The van der Waals surface area contributed by atoms with E-state index in [1.807, 2.05) is 60.7 Å². The summed E-state index contributed by atoms with van der Waals surface area (Å²) in [7, 11) is 0. The third kappa shape index (κ3) is 4.53. The number of nitrogens with one attached hydrogen (secondary N) is 2. The zero-order valence-electron chi connectivity index (χ0n) is 15.3. The van der Waals surface area contributed by atoms with Gasteiger partial charge in [-0.1, -0.05) is 65.8 Å². The number of carbonyl (C=O) groups excluding carboxylic acids is 2. The van der Waals surface area contributed by atoms with Gasteiger partial charge in [0.1, 0.15) is 0 Å². The molecule has 0 fully saturated rings. The third-order valence-corrected chi connectivity index (χ3v) is 5.91. The standard InChI is InChI=1S/C23H17ClN2O2S/c24-18-6-2-1-5-17(18)14-25-22(27)16-11-9-15(10-12-16)13-21-23(28)26-19-7-3-4-8-20(19)29-21/h1-13H,14H2,(H,25,27)(H,26,28). The lowest BCUT2D eigenvalue weighted by Gasteiger charge is -2.18. The van der Waals surface area contributed by atoms with Crippen LogP contribution >= 0.6 is 23.4 Å². The van der Waals surface area contributed by atoms with E-state index in [-0.39, 0.29) is 11.8 Å². The Morgan fingerprint density at radius 2 is 1.72 bits per heavy atom. The molecule has 0 spiro atoms. The first-order chi connectivity index (χ1) is 14.1. The van der Waals surface area contributed by atoms with Crippen molar-refractivity contribution in [2.24, 2.45) is 0 Å². The predicted octanol–water partition coefficient (Wildman–Crippen LogP) is 5.36. The van der Waals surface area contributed by atoms with E-state index >= 15 is 0 Å². The van der Waals surface area contributed by atoms with Crippen molar-refractivity contribution in [2.45, 2.75) is 11.4 Å². The Kier molecular flexibility index (Phi) is 5.69. The summed E-state index contributed by atoms with van der Waals surface area (Å²) in [6.45, 7) is 0.362. The minimum Gasteiger partial charge on any atom is -0.348 e. The lowest BCUT2D eigenvalue weighted by molar-refractivity contribution is -0.112. The summed E-state index contributed by atoms with van der Waals surface area (Å²) in [6.07, 6.45) is 1.82. The molecule has 144 valence electrons. The highest BCUT2D eigenvalue weighted by molar-refractivity contribution is 8.04. The molecule has 0 atom stereocenters. The number of fused-ring (bicyclic) bond motifs is 1. The van der Waals surface area contributed by atoms with Gasteiger partial charge in [-0.3, -0.25) is 9.59 Å². The van der Waals surface area contributed by atoms with Gasteiger partial charge in [-0.15, -0.1) is 0 Å². The van der Waals surface area contributed by atoms with Crippen LogP contribution in [0.15, 0.2) is 82.6 Å². The Bertz CT molecular complexity index is 1110. The first-order valence-electron chi connectivity index (χ1n) is 9.02. The maximum absolute atomic E-state index is 12.4. The molecule has 3 aromatic rings. The first-order valence-corrected chi connectivity index (χ1v) is 10.2. The number of hydrogen-bond donors (Lipinski definition) is 2. The summed E-state index contributed by atoms with van der Waals surface area (Å²) in [4.78, 5) is 26.3. The van der Waals surface area contributed by atoms with Crippen molar-refractivity contribution in [1.29, 1.82) is 0 Å². The number of rotatable bonds is 4. The summed E-state index contributed by atoms with van der Waals surface area (Å²) in [5, 5.41) is 6.39. The Hall–Kier alpha value is -3.02. The number of anilines is 1. The molecule has 3 aromatic carbocycles. The molecular formula is C23H17ClN2O2S. The summed E-state index contributed by atoms with van der Waals surface area (Å²) >= 11 is 7.55. The highest BCUT2D eigenvalue weighted by atomic mass is 35.5. The highest BCUT2D eigenvalue weighted by Gasteiger charge is 2.20. The van der Waals surface area contributed by atoms with Crippen LogP contribution in [0.3, 0.4) is 0 Å². The van der Waals surface area contributed by atoms with Gasteiger partial charge >= 0.3 is 0 Å². The maximum Gasteiger partial charge on any atom is 0.262 e. The van der Waals surface area contributed by atoms with Crippen LogP contribution in [0.1, 0.15) is 21.5 Å². The van der Waals surface area contributed by atoms with Crippen LogP contribution in [0.2, 0.25) is 5.02 Å². The third-order valence-electron chi connectivity index (χ3n) is 4.45. The fourth-order valence-electron chi connectivity index (χ4n) is 2.90. The molecule has 0 saturated heterocycles. The molecule has 4 nitrogen and oxygen atoms in total. The highest BCUT2D eigenvalue weighted by Crippen LogP contribution is 2.38. The number of carbonyl (C=O) groups is 2. The van der Waals surface area contributed by atoms with Crippen LogP contribution in [0.4, 0.5) is 5.69 Å². The van der Waals surface area contributed by atoms with Gasteiger partial charge < -0.3 is 10.6 Å². The van der Waals surface area contributed by atoms with E-state index < -0.39 is 0 Å². The van der Waals surface area contributed by atoms with Gasteiger partial charge in [-0.05, 0) is 47.5 Å². The maximum atomic E-state index is 12.4. The Labute approximate surface area is 178 Å². The molecule has 0 bridgehead atoms. The van der Waals surface area contributed by atoms with Crippen LogP contribution in [-0.4, -0.2) is 11.8 Å². The smallest absolute Gasteiger partial charge is 0.262 e. The van der Waals surface area contributed by atoms with Gasteiger partial charge in [0.2, 0.25) is 0 Å². The second kappa shape index (κ2) is 8.55. The van der Waals surface area contributed by atoms with Crippen molar-refractivity contribution < 1.29 is 9.59 Å². The SMILES string of the molecule is O=C1Nc2ccccc2SC1=Cc1ccc(C(=O)NCc2ccccc2Cl)cc1. The van der Waals surface area contributed by atoms with Gasteiger partial charge in [0.25, 0.3) is 11.8 Å². The van der Waals surface area contributed by atoms with Crippen LogP contribution in [-0.2, 0) is 11.3 Å². The summed E-state index contributed by atoms with van der Waals surface area (Å²) < 4.78 is 0. The molecule has 2 amide bonds. The summed E-state index contributed by atoms with van der Waals surface area (Å²) in [5.74, 6) is -0.307. The fraction of sp³-hybridized carbons (Fsp3) is 0.0435. The molecular weight excluding hydrogens is 404 g/mol. The van der Waals surface area contributed by atoms with Crippen LogP contribution in [0.25, 0.3) is 6.08 Å². The zero-order valence-corrected chi connectivity index (χ0v) is 16.9.